The first-order chi connectivity index (χ1) is 10.4. The number of rotatable bonds is 5. The molecule has 0 aliphatic heterocycles. The molecule has 6 nitrogen and oxygen atoms in total. The van der Waals surface area contributed by atoms with Gasteiger partial charge in [-0.3, -0.25) is 4.79 Å². The summed E-state index contributed by atoms with van der Waals surface area (Å²) in [6, 6.07) is 3.64. The van der Waals surface area contributed by atoms with Crippen molar-refractivity contribution in [1.82, 2.24) is 9.97 Å². The topological polar surface area (TPSA) is 101 Å². The molecule has 8 heteroatoms. The summed E-state index contributed by atoms with van der Waals surface area (Å²) in [5.41, 5.74) is 5.75. The van der Waals surface area contributed by atoms with Gasteiger partial charge in [0.15, 0.2) is 0 Å². The predicted octanol–water partition coefficient (Wildman–Crippen LogP) is 1.56. The standard InChI is InChI=1S/C14H14FN3O3S/c1-3-21-11-5-4-8(15)6-9(11)12(19)10-7-17-14(22(2)20)18-13(10)16/h4-7H,3H2,1-2H3,(H2,16,17,18). The first kappa shape index (κ1) is 16.2. The summed E-state index contributed by atoms with van der Waals surface area (Å²) in [6.07, 6.45) is 2.58. The maximum Gasteiger partial charge on any atom is 0.344 e. The molecule has 2 rings (SSSR count). The number of halogens is 1. The molecule has 0 spiro atoms. The summed E-state index contributed by atoms with van der Waals surface area (Å²) < 4.78 is 30.1. The van der Waals surface area contributed by atoms with Gasteiger partial charge in [0.25, 0.3) is 0 Å². The van der Waals surface area contributed by atoms with E-state index in [0.717, 1.165) is 6.07 Å². The monoisotopic (exact) mass is 323 g/mol. The molecule has 0 aliphatic carbocycles. The molecule has 0 aliphatic rings. The molecule has 0 amide bonds. The third-order valence-corrected chi connectivity index (χ3v) is 3.49. The lowest BCUT2D eigenvalue weighted by atomic mass is 10.0. The highest BCUT2D eigenvalue weighted by atomic mass is 32.2. The van der Waals surface area contributed by atoms with Crippen LogP contribution in [-0.4, -0.2) is 33.2 Å². The van der Waals surface area contributed by atoms with Crippen molar-refractivity contribution in [3.63, 3.8) is 0 Å². The highest BCUT2D eigenvalue weighted by Crippen LogP contribution is 2.24. The first-order valence-corrected chi connectivity index (χ1v) is 7.92. The molecule has 1 aromatic carbocycles. The van der Waals surface area contributed by atoms with Gasteiger partial charge in [0.05, 0.1) is 17.7 Å². The number of anilines is 1. The highest BCUT2D eigenvalue weighted by Gasteiger charge is 2.21. The Kier molecular flexibility index (Phi) is 4.94. The number of hydrogen-bond acceptors (Lipinski definition) is 6. The Morgan fingerprint density at radius 2 is 2.18 bits per heavy atom. The minimum absolute atomic E-state index is 0.000697. The Morgan fingerprint density at radius 1 is 1.45 bits per heavy atom. The molecule has 0 saturated carbocycles. The van der Waals surface area contributed by atoms with E-state index in [-0.39, 0.29) is 27.9 Å². The number of aromatic nitrogens is 2. The number of ketones is 1. The molecule has 2 aromatic rings. The molecule has 1 atom stereocenters. The minimum atomic E-state index is -1.41. The Labute approximate surface area is 129 Å². The SMILES string of the molecule is CCOc1ccc(F)cc1C(=O)c1cnc([S+](C)[O-])nc1N. The number of carbonyl (C=O) groups excluding carboxylic acids is 1. The van der Waals surface area contributed by atoms with Crippen molar-refractivity contribution in [3.05, 3.63) is 41.3 Å². The molecule has 22 heavy (non-hydrogen) atoms. The van der Waals surface area contributed by atoms with Crippen LogP contribution in [0.25, 0.3) is 0 Å². The van der Waals surface area contributed by atoms with Gasteiger partial charge in [-0.25, -0.2) is 4.39 Å². The lowest BCUT2D eigenvalue weighted by Gasteiger charge is -2.10. The van der Waals surface area contributed by atoms with Crippen LogP contribution in [0, 0.1) is 5.82 Å². The third-order valence-electron chi connectivity index (χ3n) is 2.78. The molecule has 0 radical (unpaired) electrons. The van der Waals surface area contributed by atoms with Crippen molar-refractivity contribution in [2.75, 3.05) is 18.6 Å². The summed E-state index contributed by atoms with van der Waals surface area (Å²) in [5, 5.41) is 0.0262. The van der Waals surface area contributed by atoms with Crippen molar-refractivity contribution in [2.24, 2.45) is 0 Å². The van der Waals surface area contributed by atoms with Crippen LogP contribution in [0.1, 0.15) is 22.8 Å². The van der Waals surface area contributed by atoms with Crippen molar-refractivity contribution in [1.29, 1.82) is 0 Å². The van der Waals surface area contributed by atoms with E-state index in [4.69, 9.17) is 10.5 Å². The van der Waals surface area contributed by atoms with E-state index in [9.17, 15) is 13.7 Å². The summed E-state index contributed by atoms with van der Waals surface area (Å²) in [4.78, 5) is 20.2. The van der Waals surface area contributed by atoms with E-state index in [1.807, 2.05) is 0 Å². The molecule has 2 N–H and O–H groups in total. The summed E-state index contributed by atoms with van der Waals surface area (Å²) in [5.74, 6) is -1.00. The average Bonchev–Trinajstić information content (AvgIpc) is 2.48. The maximum absolute atomic E-state index is 13.4. The van der Waals surface area contributed by atoms with Crippen LogP contribution in [0.5, 0.6) is 5.75 Å². The van der Waals surface area contributed by atoms with Gasteiger partial charge in [-0.1, -0.05) is 0 Å². The van der Waals surface area contributed by atoms with Crippen LogP contribution in [0.3, 0.4) is 0 Å². The molecule has 0 fully saturated rings. The zero-order valence-electron chi connectivity index (χ0n) is 12.0. The van der Waals surface area contributed by atoms with Crippen LogP contribution in [0.4, 0.5) is 10.2 Å². The average molecular weight is 323 g/mol. The third kappa shape index (κ3) is 3.34. The van der Waals surface area contributed by atoms with Crippen molar-refractivity contribution in [2.45, 2.75) is 12.1 Å². The van der Waals surface area contributed by atoms with E-state index >= 15 is 0 Å². The van der Waals surface area contributed by atoms with Gasteiger partial charge in [-0.2, -0.15) is 9.97 Å². The second-order valence-electron chi connectivity index (χ2n) is 4.31. The van der Waals surface area contributed by atoms with Crippen molar-refractivity contribution in [3.8, 4) is 5.75 Å². The lowest BCUT2D eigenvalue weighted by molar-refractivity contribution is 0.103. The zero-order valence-corrected chi connectivity index (χ0v) is 12.8. The van der Waals surface area contributed by atoms with Crippen LogP contribution < -0.4 is 10.5 Å². The second kappa shape index (κ2) is 6.71. The Balaban J connectivity index is 2.46. The van der Waals surface area contributed by atoms with Gasteiger partial charge in [-0.05, 0) is 25.1 Å². The normalized spacial score (nSPS) is 12.0. The van der Waals surface area contributed by atoms with Crippen LogP contribution >= 0.6 is 0 Å². The smallest absolute Gasteiger partial charge is 0.344 e. The largest absolute Gasteiger partial charge is 0.609 e. The number of carbonyl (C=O) groups is 1. The Bertz CT molecular complexity index is 710. The van der Waals surface area contributed by atoms with Crippen LogP contribution in [0.2, 0.25) is 0 Å². The van der Waals surface area contributed by atoms with E-state index in [1.165, 1.54) is 24.6 Å². The molecule has 116 valence electrons. The van der Waals surface area contributed by atoms with Gasteiger partial charge in [-0.15, -0.1) is 0 Å². The molecular weight excluding hydrogens is 309 g/mol. The summed E-state index contributed by atoms with van der Waals surface area (Å²) in [6.45, 7) is 2.08. The Morgan fingerprint density at radius 3 is 2.77 bits per heavy atom. The van der Waals surface area contributed by atoms with Crippen molar-refractivity contribution >= 4 is 22.8 Å². The quantitative estimate of drug-likeness (QED) is 0.509. The van der Waals surface area contributed by atoms with Crippen molar-refractivity contribution < 1.29 is 18.5 Å². The Hall–Kier alpha value is -2.19. The minimum Gasteiger partial charge on any atom is -0.609 e. The van der Waals surface area contributed by atoms with Gasteiger partial charge < -0.3 is 15.0 Å². The number of benzene rings is 1. The van der Waals surface area contributed by atoms with Crippen LogP contribution in [0.15, 0.2) is 29.6 Å². The second-order valence-corrected chi connectivity index (χ2v) is 5.58. The maximum atomic E-state index is 13.4. The first-order valence-electron chi connectivity index (χ1n) is 6.37. The molecule has 1 unspecified atom stereocenters. The molecular formula is C14H14FN3O3S. The van der Waals surface area contributed by atoms with E-state index in [1.54, 1.807) is 6.92 Å². The van der Waals surface area contributed by atoms with Gasteiger partial charge in [0.1, 0.15) is 23.6 Å². The molecule has 1 heterocycles. The summed E-state index contributed by atoms with van der Waals surface area (Å²) in [7, 11) is 0. The number of ether oxygens (including phenoxy) is 1. The molecule has 0 bridgehead atoms. The van der Waals surface area contributed by atoms with E-state index in [0.29, 0.717) is 6.61 Å². The fourth-order valence-electron chi connectivity index (χ4n) is 1.80. The number of nitrogens with two attached hydrogens (primary N) is 1. The van der Waals surface area contributed by atoms with Gasteiger partial charge >= 0.3 is 5.16 Å². The fraction of sp³-hybridized carbons (Fsp3) is 0.214. The molecule has 0 saturated heterocycles. The number of nitrogen functional groups attached to an aromatic ring is 1. The van der Waals surface area contributed by atoms with E-state index in [2.05, 4.69) is 9.97 Å². The lowest BCUT2D eigenvalue weighted by Crippen LogP contribution is -2.13. The summed E-state index contributed by atoms with van der Waals surface area (Å²) >= 11 is -1.41. The van der Waals surface area contributed by atoms with Gasteiger partial charge in [0, 0.05) is 17.4 Å². The zero-order chi connectivity index (χ0) is 16.3. The number of nitrogens with zero attached hydrogens (tertiary/aromatic N) is 2. The number of hydrogen-bond donors (Lipinski definition) is 1. The van der Waals surface area contributed by atoms with Gasteiger partial charge in [0.2, 0.25) is 5.78 Å². The van der Waals surface area contributed by atoms with E-state index < -0.39 is 22.8 Å². The fourth-order valence-corrected chi connectivity index (χ4v) is 2.23. The highest BCUT2D eigenvalue weighted by molar-refractivity contribution is 7.90. The predicted molar refractivity (Wildman–Crippen MR) is 79.8 cm³/mol. The molecule has 1 aromatic heterocycles. The van der Waals surface area contributed by atoms with Crippen LogP contribution in [-0.2, 0) is 11.2 Å².